The first kappa shape index (κ1) is 11.4. The van der Waals surface area contributed by atoms with Gasteiger partial charge in [0, 0.05) is 0 Å². The third-order valence-corrected chi connectivity index (χ3v) is 2.83. The third-order valence-electron chi connectivity index (χ3n) is 1.61. The maximum absolute atomic E-state index is 8.43. The van der Waals surface area contributed by atoms with Crippen molar-refractivity contribution in [3.05, 3.63) is 23.1 Å². The Labute approximate surface area is 92.2 Å². The normalized spacial score (nSPS) is 12.4. The SMILES string of the molecule is N#CC(N)CCSCc1ccc(Cl)o1. The number of nitrogens with two attached hydrogens (primary N) is 1. The highest BCUT2D eigenvalue weighted by molar-refractivity contribution is 7.98. The maximum atomic E-state index is 8.43. The highest BCUT2D eigenvalue weighted by atomic mass is 35.5. The molecule has 1 heterocycles. The predicted molar refractivity (Wildman–Crippen MR) is 58.1 cm³/mol. The van der Waals surface area contributed by atoms with Crippen LogP contribution in [0.1, 0.15) is 12.2 Å². The van der Waals surface area contributed by atoms with Gasteiger partial charge in [-0.25, -0.2) is 0 Å². The van der Waals surface area contributed by atoms with Gasteiger partial charge in [0.05, 0.1) is 17.9 Å². The highest BCUT2D eigenvalue weighted by Gasteiger charge is 2.02. The van der Waals surface area contributed by atoms with Crippen LogP contribution in [0.15, 0.2) is 16.5 Å². The fraction of sp³-hybridized carbons (Fsp3) is 0.444. The van der Waals surface area contributed by atoms with Crippen LogP contribution in [-0.4, -0.2) is 11.8 Å². The zero-order valence-corrected chi connectivity index (χ0v) is 9.14. The van der Waals surface area contributed by atoms with Crippen molar-refractivity contribution in [1.82, 2.24) is 0 Å². The fourth-order valence-corrected chi connectivity index (χ4v) is 1.96. The summed E-state index contributed by atoms with van der Waals surface area (Å²) in [6.45, 7) is 0. The van der Waals surface area contributed by atoms with Gasteiger partial charge < -0.3 is 10.2 Å². The van der Waals surface area contributed by atoms with E-state index in [1.54, 1.807) is 17.8 Å². The Morgan fingerprint density at radius 1 is 1.64 bits per heavy atom. The minimum absolute atomic E-state index is 0.359. The largest absolute Gasteiger partial charge is 0.449 e. The van der Waals surface area contributed by atoms with Gasteiger partial charge in [-0.05, 0) is 35.9 Å². The van der Waals surface area contributed by atoms with E-state index in [0.717, 1.165) is 17.3 Å². The summed E-state index contributed by atoms with van der Waals surface area (Å²) in [6.07, 6.45) is 0.704. The summed E-state index contributed by atoms with van der Waals surface area (Å²) in [5.74, 6) is 2.48. The lowest BCUT2D eigenvalue weighted by Crippen LogP contribution is -2.17. The number of furan rings is 1. The molecule has 0 spiro atoms. The standard InChI is InChI=1S/C9H11ClN2OS/c10-9-2-1-8(13-9)6-14-4-3-7(12)5-11/h1-2,7H,3-4,6,12H2. The van der Waals surface area contributed by atoms with Crippen LogP contribution in [0.5, 0.6) is 0 Å². The molecule has 0 amide bonds. The number of halogens is 1. The minimum Gasteiger partial charge on any atom is -0.449 e. The molecule has 76 valence electrons. The van der Waals surface area contributed by atoms with Crippen molar-refractivity contribution in [2.24, 2.45) is 5.73 Å². The Morgan fingerprint density at radius 2 is 2.43 bits per heavy atom. The van der Waals surface area contributed by atoms with E-state index in [9.17, 15) is 0 Å². The Morgan fingerprint density at radius 3 is 3.00 bits per heavy atom. The molecule has 14 heavy (non-hydrogen) atoms. The lowest BCUT2D eigenvalue weighted by atomic mass is 10.3. The number of nitrogens with zero attached hydrogens (tertiary/aromatic N) is 1. The first-order chi connectivity index (χ1) is 6.72. The first-order valence-corrected chi connectivity index (χ1v) is 5.73. The van der Waals surface area contributed by atoms with Crippen molar-refractivity contribution in [2.75, 3.05) is 5.75 Å². The fourth-order valence-electron chi connectivity index (χ4n) is 0.877. The summed E-state index contributed by atoms with van der Waals surface area (Å²) in [6, 6.07) is 5.20. The van der Waals surface area contributed by atoms with Crippen LogP contribution in [-0.2, 0) is 5.75 Å². The van der Waals surface area contributed by atoms with E-state index in [4.69, 9.17) is 27.0 Å². The van der Waals surface area contributed by atoms with E-state index in [0.29, 0.717) is 11.6 Å². The molecule has 3 nitrogen and oxygen atoms in total. The van der Waals surface area contributed by atoms with Gasteiger partial charge in [0.1, 0.15) is 5.76 Å². The Hall–Kier alpha value is -0.630. The van der Waals surface area contributed by atoms with E-state index in [2.05, 4.69) is 0 Å². The summed E-state index contributed by atoms with van der Waals surface area (Å²) in [7, 11) is 0. The summed E-state index contributed by atoms with van der Waals surface area (Å²) in [5.41, 5.74) is 5.44. The second-order valence-corrected chi connectivity index (χ2v) is 4.26. The van der Waals surface area contributed by atoms with Crippen molar-refractivity contribution < 1.29 is 4.42 Å². The molecule has 0 aromatic carbocycles. The van der Waals surface area contributed by atoms with E-state index >= 15 is 0 Å². The van der Waals surface area contributed by atoms with Crippen molar-refractivity contribution in [1.29, 1.82) is 5.26 Å². The molecule has 0 saturated carbocycles. The molecular formula is C9H11ClN2OS. The van der Waals surface area contributed by atoms with Crippen molar-refractivity contribution in [3.8, 4) is 6.07 Å². The zero-order chi connectivity index (χ0) is 10.4. The maximum Gasteiger partial charge on any atom is 0.193 e. The highest BCUT2D eigenvalue weighted by Crippen LogP contribution is 2.18. The molecule has 5 heteroatoms. The van der Waals surface area contributed by atoms with Crippen LogP contribution in [0.25, 0.3) is 0 Å². The van der Waals surface area contributed by atoms with Gasteiger partial charge in [-0.15, -0.1) is 0 Å². The summed E-state index contributed by atoms with van der Waals surface area (Å²) in [4.78, 5) is 0. The van der Waals surface area contributed by atoms with E-state index < -0.39 is 0 Å². The number of nitriles is 1. The van der Waals surface area contributed by atoms with Gasteiger partial charge in [-0.3, -0.25) is 0 Å². The third kappa shape index (κ3) is 4.05. The van der Waals surface area contributed by atoms with Crippen LogP contribution >= 0.6 is 23.4 Å². The number of thioether (sulfide) groups is 1. The van der Waals surface area contributed by atoms with Crippen LogP contribution in [0.3, 0.4) is 0 Å². The molecule has 1 atom stereocenters. The van der Waals surface area contributed by atoms with Crippen molar-refractivity contribution in [3.63, 3.8) is 0 Å². The number of rotatable bonds is 5. The van der Waals surface area contributed by atoms with E-state index in [1.165, 1.54) is 0 Å². The first-order valence-electron chi connectivity index (χ1n) is 4.19. The molecule has 0 saturated heterocycles. The van der Waals surface area contributed by atoms with Gasteiger partial charge >= 0.3 is 0 Å². The molecule has 1 aromatic rings. The average molecular weight is 231 g/mol. The summed E-state index contributed by atoms with van der Waals surface area (Å²) >= 11 is 7.29. The quantitative estimate of drug-likeness (QED) is 0.789. The summed E-state index contributed by atoms with van der Waals surface area (Å²) < 4.78 is 5.17. The molecule has 0 bridgehead atoms. The zero-order valence-electron chi connectivity index (χ0n) is 7.57. The summed E-state index contributed by atoms with van der Waals surface area (Å²) in [5, 5.41) is 8.85. The topological polar surface area (TPSA) is 63.0 Å². The monoisotopic (exact) mass is 230 g/mol. The van der Waals surface area contributed by atoms with Gasteiger partial charge in [0.15, 0.2) is 5.22 Å². The average Bonchev–Trinajstić information content (AvgIpc) is 2.58. The van der Waals surface area contributed by atoms with Crippen molar-refractivity contribution in [2.45, 2.75) is 18.2 Å². The van der Waals surface area contributed by atoms with Gasteiger partial charge in [-0.2, -0.15) is 17.0 Å². The van der Waals surface area contributed by atoms with E-state index in [1.807, 2.05) is 12.1 Å². The van der Waals surface area contributed by atoms with Crippen molar-refractivity contribution >= 4 is 23.4 Å². The molecule has 0 aliphatic carbocycles. The molecule has 0 radical (unpaired) electrons. The second kappa shape index (κ2) is 5.97. The smallest absolute Gasteiger partial charge is 0.193 e. The van der Waals surface area contributed by atoms with Gasteiger partial charge in [-0.1, -0.05) is 0 Å². The van der Waals surface area contributed by atoms with Gasteiger partial charge in [0.2, 0.25) is 0 Å². The van der Waals surface area contributed by atoms with E-state index in [-0.39, 0.29) is 6.04 Å². The lowest BCUT2D eigenvalue weighted by molar-refractivity contribution is 0.532. The Kier molecular flexibility index (Phi) is 4.88. The molecule has 1 unspecified atom stereocenters. The molecule has 2 N–H and O–H groups in total. The van der Waals surface area contributed by atoms with Crippen LogP contribution < -0.4 is 5.73 Å². The molecule has 1 rings (SSSR count). The second-order valence-electron chi connectivity index (χ2n) is 2.78. The van der Waals surface area contributed by atoms with Crippen LogP contribution in [0, 0.1) is 11.3 Å². The van der Waals surface area contributed by atoms with Crippen LogP contribution in [0.2, 0.25) is 5.22 Å². The molecule has 1 aromatic heterocycles. The van der Waals surface area contributed by atoms with Gasteiger partial charge in [0.25, 0.3) is 0 Å². The molecule has 0 fully saturated rings. The lowest BCUT2D eigenvalue weighted by Gasteiger charge is -2.00. The number of hydrogen-bond acceptors (Lipinski definition) is 4. The Balaban J connectivity index is 2.14. The predicted octanol–water partition coefficient (Wildman–Crippen LogP) is 2.41. The molecule has 0 aliphatic heterocycles. The molecular weight excluding hydrogens is 220 g/mol. The number of hydrogen-bond donors (Lipinski definition) is 1. The Bertz CT molecular complexity index is 321. The molecule has 0 aliphatic rings. The minimum atomic E-state index is -0.359. The van der Waals surface area contributed by atoms with Crippen LogP contribution in [0.4, 0.5) is 0 Å².